The van der Waals surface area contributed by atoms with Crippen LogP contribution in [0.4, 0.5) is 0 Å². The van der Waals surface area contributed by atoms with Crippen molar-refractivity contribution < 1.29 is 0 Å². The lowest BCUT2D eigenvalue weighted by Crippen LogP contribution is -2.17. The molecular formula is C16H30N. The molecule has 17 heavy (non-hydrogen) atoms. The van der Waals surface area contributed by atoms with Crippen LogP contribution in [0.2, 0.25) is 0 Å². The van der Waals surface area contributed by atoms with Gasteiger partial charge in [-0.25, -0.2) is 5.32 Å². The third-order valence-corrected chi connectivity index (χ3v) is 3.81. The van der Waals surface area contributed by atoms with Gasteiger partial charge in [-0.3, -0.25) is 0 Å². The fourth-order valence-corrected chi connectivity index (χ4v) is 2.67. The van der Waals surface area contributed by atoms with Crippen LogP contribution in [0.25, 0.3) is 0 Å². The molecule has 0 amide bonds. The molecule has 1 saturated heterocycles. The maximum Gasteiger partial charge on any atom is 0.0170 e. The van der Waals surface area contributed by atoms with E-state index in [1.807, 2.05) is 5.57 Å². The first kappa shape index (κ1) is 14.8. The molecule has 1 heteroatoms. The van der Waals surface area contributed by atoms with Gasteiger partial charge in [0.1, 0.15) is 0 Å². The lowest BCUT2D eigenvalue weighted by Gasteiger charge is -2.19. The summed E-state index contributed by atoms with van der Waals surface area (Å²) in [6.07, 6.45) is 13.5. The first-order chi connectivity index (χ1) is 8.38. The van der Waals surface area contributed by atoms with Gasteiger partial charge in [0.05, 0.1) is 0 Å². The minimum absolute atomic E-state index is 1.08. The van der Waals surface area contributed by atoms with Crippen LogP contribution in [0.5, 0.6) is 0 Å². The van der Waals surface area contributed by atoms with Gasteiger partial charge in [0.25, 0.3) is 0 Å². The molecule has 0 saturated carbocycles. The van der Waals surface area contributed by atoms with E-state index in [-0.39, 0.29) is 0 Å². The van der Waals surface area contributed by atoms with Crippen molar-refractivity contribution in [3.63, 3.8) is 0 Å². The molecule has 0 atom stereocenters. The third-order valence-electron chi connectivity index (χ3n) is 3.81. The van der Waals surface area contributed by atoms with Crippen LogP contribution in [-0.4, -0.2) is 13.1 Å². The normalized spacial score (nSPS) is 16.2. The number of allylic oxidation sites excluding steroid dienone is 1. The van der Waals surface area contributed by atoms with Crippen molar-refractivity contribution in [1.29, 1.82) is 0 Å². The fourth-order valence-electron chi connectivity index (χ4n) is 2.67. The second-order valence-electron chi connectivity index (χ2n) is 5.29. The first-order valence-electron chi connectivity index (χ1n) is 7.71. The summed E-state index contributed by atoms with van der Waals surface area (Å²) in [5, 5.41) is 4.47. The monoisotopic (exact) mass is 236 g/mol. The van der Waals surface area contributed by atoms with Crippen LogP contribution >= 0.6 is 0 Å². The summed E-state index contributed by atoms with van der Waals surface area (Å²) >= 11 is 0. The van der Waals surface area contributed by atoms with Gasteiger partial charge >= 0.3 is 0 Å². The quantitative estimate of drug-likeness (QED) is 0.423. The summed E-state index contributed by atoms with van der Waals surface area (Å²) in [4.78, 5) is 0. The number of hydrogen-bond acceptors (Lipinski definition) is 0. The number of rotatable bonds is 8. The molecule has 1 aliphatic heterocycles. The Morgan fingerprint density at radius 3 is 1.88 bits per heavy atom. The third kappa shape index (κ3) is 6.26. The molecule has 0 aromatic heterocycles. The Morgan fingerprint density at radius 2 is 1.41 bits per heavy atom. The molecule has 1 nitrogen and oxygen atoms in total. The topological polar surface area (TPSA) is 14.1 Å². The molecule has 1 heterocycles. The molecule has 0 unspecified atom stereocenters. The maximum absolute atomic E-state index is 4.47. The van der Waals surface area contributed by atoms with Crippen molar-refractivity contribution in [2.24, 2.45) is 0 Å². The Morgan fingerprint density at radius 1 is 0.882 bits per heavy atom. The van der Waals surface area contributed by atoms with Crippen LogP contribution in [0, 0.1) is 0 Å². The molecule has 1 radical (unpaired) electrons. The van der Waals surface area contributed by atoms with Crippen molar-refractivity contribution in [3.8, 4) is 0 Å². The first-order valence-corrected chi connectivity index (χ1v) is 7.71. The summed E-state index contributed by atoms with van der Waals surface area (Å²) in [7, 11) is 0. The predicted octanol–water partition coefficient (Wildman–Crippen LogP) is 4.84. The summed E-state index contributed by atoms with van der Waals surface area (Å²) in [5.74, 6) is 0. The zero-order chi connectivity index (χ0) is 12.3. The van der Waals surface area contributed by atoms with Crippen molar-refractivity contribution in [1.82, 2.24) is 5.32 Å². The van der Waals surface area contributed by atoms with E-state index in [9.17, 15) is 0 Å². The highest BCUT2D eigenvalue weighted by Gasteiger charge is 2.11. The van der Waals surface area contributed by atoms with E-state index in [4.69, 9.17) is 0 Å². The van der Waals surface area contributed by atoms with E-state index in [1.165, 1.54) is 64.2 Å². The Labute approximate surface area is 108 Å². The molecule has 1 fully saturated rings. The number of nitrogens with zero attached hydrogens (tertiary/aromatic N) is 1. The molecule has 0 aliphatic carbocycles. The highest BCUT2D eigenvalue weighted by Crippen LogP contribution is 2.25. The summed E-state index contributed by atoms with van der Waals surface area (Å²) in [6.45, 7) is 6.76. The Hall–Kier alpha value is -0.300. The van der Waals surface area contributed by atoms with Crippen LogP contribution < -0.4 is 5.32 Å². The van der Waals surface area contributed by atoms with E-state index < -0.39 is 0 Å². The van der Waals surface area contributed by atoms with E-state index >= 15 is 0 Å². The van der Waals surface area contributed by atoms with Gasteiger partial charge in [-0.2, -0.15) is 0 Å². The predicted molar refractivity (Wildman–Crippen MR) is 76.4 cm³/mol. The molecule has 0 bridgehead atoms. The number of hydrogen-bond donors (Lipinski definition) is 0. The molecule has 0 aromatic rings. The van der Waals surface area contributed by atoms with Gasteiger partial charge < -0.3 is 0 Å². The molecule has 99 valence electrons. The zero-order valence-corrected chi connectivity index (χ0v) is 11.9. The van der Waals surface area contributed by atoms with Crippen LogP contribution in [0.15, 0.2) is 11.1 Å². The second kappa shape index (κ2) is 9.70. The van der Waals surface area contributed by atoms with Crippen LogP contribution in [-0.2, 0) is 0 Å². The van der Waals surface area contributed by atoms with Gasteiger partial charge in [-0.15, -0.1) is 0 Å². The SMILES string of the molecule is CCCCCC(CCCCC)=C1CC[N]CC1. The lowest BCUT2D eigenvalue weighted by atomic mass is 9.91. The maximum atomic E-state index is 4.47. The standard InChI is InChI=1S/C16H30N/c1-3-5-7-9-15(10-8-6-4-2)16-11-13-17-14-12-16/h3-14H2,1-2H3. The Bertz CT molecular complexity index is 198. The average molecular weight is 236 g/mol. The number of piperidine rings is 1. The fraction of sp³-hybridized carbons (Fsp3) is 0.875. The van der Waals surface area contributed by atoms with Crippen molar-refractivity contribution in [3.05, 3.63) is 11.1 Å². The smallest absolute Gasteiger partial charge is 0.0170 e. The Balaban J connectivity index is 2.43. The molecular weight excluding hydrogens is 206 g/mol. The van der Waals surface area contributed by atoms with E-state index in [0.29, 0.717) is 0 Å². The van der Waals surface area contributed by atoms with Crippen molar-refractivity contribution >= 4 is 0 Å². The number of unbranched alkanes of at least 4 members (excludes halogenated alkanes) is 4. The molecule has 1 aliphatic rings. The molecule has 0 spiro atoms. The minimum Gasteiger partial charge on any atom is -0.241 e. The highest BCUT2D eigenvalue weighted by molar-refractivity contribution is 5.16. The van der Waals surface area contributed by atoms with Gasteiger partial charge in [0.2, 0.25) is 0 Å². The van der Waals surface area contributed by atoms with E-state index in [2.05, 4.69) is 19.2 Å². The van der Waals surface area contributed by atoms with Gasteiger partial charge in [0.15, 0.2) is 0 Å². The highest BCUT2D eigenvalue weighted by atomic mass is 14.9. The minimum atomic E-state index is 1.08. The Kier molecular flexibility index (Phi) is 8.42. The summed E-state index contributed by atoms with van der Waals surface area (Å²) < 4.78 is 0. The summed E-state index contributed by atoms with van der Waals surface area (Å²) in [6, 6.07) is 0. The average Bonchev–Trinajstić information content (AvgIpc) is 2.38. The largest absolute Gasteiger partial charge is 0.241 e. The molecule has 0 N–H and O–H groups in total. The van der Waals surface area contributed by atoms with E-state index in [0.717, 1.165) is 13.1 Å². The van der Waals surface area contributed by atoms with E-state index in [1.54, 1.807) is 5.57 Å². The zero-order valence-electron chi connectivity index (χ0n) is 11.9. The lowest BCUT2D eigenvalue weighted by molar-refractivity contribution is 0.574. The van der Waals surface area contributed by atoms with Crippen LogP contribution in [0.3, 0.4) is 0 Å². The summed E-state index contributed by atoms with van der Waals surface area (Å²) in [5.41, 5.74) is 3.58. The molecule has 0 aromatic carbocycles. The van der Waals surface area contributed by atoms with Gasteiger partial charge in [-0.05, 0) is 38.5 Å². The van der Waals surface area contributed by atoms with Gasteiger partial charge in [0, 0.05) is 13.1 Å². The molecule has 1 rings (SSSR count). The van der Waals surface area contributed by atoms with Crippen molar-refractivity contribution in [2.45, 2.75) is 78.1 Å². The second-order valence-corrected chi connectivity index (χ2v) is 5.29. The van der Waals surface area contributed by atoms with Crippen molar-refractivity contribution in [2.75, 3.05) is 13.1 Å². The van der Waals surface area contributed by atoms with Gasteiger partial charge in [-0.1, -0.05) is 50.7 Å². The van der Waals surface area contributed by atoms with Crippen LogP contribution in [0.1, 0.15) is 78.1 Å².